The number of nitrogens with zero attached hydrogens (tertiary/aromatic N) is 2. The smallest absolute Gasteiger partial charge is 0.0769 e. The van der Waals surface area contributed by atoms with Crippen LogP contribution < -0.4 is 5.32 Å². The number of nitrogens with one attached hydrogen (secondary N) is 1. The Morgan fingerprint density at radius 1 is 1.20 bits per heavy atom. The van der Waals surface area contributed by atoms with E-state index in [1.54, 1.807) is 0 Å². The number of rotatable bonds is 4. The van der Waals surface area contributed by atoms with Crippen molar-refractivity contribution in [3.05, 3.63) is 46.5 Å². The van der Waals surface area contributed by atoms with Gasteiger partial charge in [-0.15, -0.1) is 5.10 Å². The van der Waals surface area contributed by atoms with Crippen molar-refractivity contribution in [3.8, 4) is 0 Å². The highest BCUT2D eigenvalue weighted by Gasteiger charge is 2.01. The molecule has 0 radical (unpaired) electrons. The van der Waals surface area contributed by atoms with Gasteiger partial charge in [0.1, 0.15) is 0 Å². The highest BCUT2D eigenvalue weighted by Crippen LogP contribution is 2.08. The van der Waals surface area contributed by atoms with E-state index in [4.69, 9.17) is 0 Å². The van der Waals surface area contributed by atoms with Gasteiger partial charge in [-0.25, -0.2) is 0 Å². The van der Waals surface area contributed by atoms with Gasteiger partial charge >= 0.3 is 0 Å². The third kappa shape index (κ3) is 2.84. The second-order valence-corrected chi connectivity index (χ2v) is 4.21. The predicted molar refractivity (Wildman–Crippen MR) is 61.6 cm³/mol. The molecular weight excluding hydrogens is 206 g/mol. The minimum Gasteiger partial charge on any atom is -0.308 e. The Morgan fingerprint density at radius 3 is 2.67 bits per heavy atom. The Morgan fingerprint density at radius 2 is 2.00 bits per heavy atom. The van der Waals surface area contributed by atoms with Gasteiger partial charge in [-0.1, -0.05) is 34.8 Å². The summed E-state index contributed by atoms with van der Waals surface area (Å²) >= 11 is 1.46. The van der Waals surface area contributed by atoms with E-state index >= 15 is 0 Å². The van der Waals surface area contributed by atoms with E-state index in [-0.39, 0.29) is 0 Å². The zero-order valence-electron chi connectivity index (χ0n) is 8.60. The molecule has 0 spiro atoms. The Labute approximate surface area is 93.3 Å². The van der Waals surface area contributed by atoms with Crippen LogP contribution in [0.4, 0.5) is 0 Å². The van der Waals surface area contributed by atoms with Gasteiger partial charge in [0.15, 0.2) is 0 Å². The lowest BCUT2D eigenvalue weighted by Crippen LogP contribution is -2.12. The van der Waals surface area contributed by atoms with Crippen LogP contribution in [-0.2, 0) is 13.1 Å². The molecule has 0 unspecified atom stereocenters. The molecule has 3 nitrogen and oxygen atoms in total. The number of aryl methyl sites for hydroxylation is 1. The van der Waals surface area contributed by atoms with E-state index in [1.807, 2.05) is 13.0 Å². The average molecular weight is 219 g/mol. The normalized spacial score (nSPS) is 10.5. The molecule has 78 valence electrons. The first kappa shape index (κ1) is 10.3. The molecule has 1 aromatic carbocycles. The molecule has 4 heteroatoms. The quantitative estimate of drug-likeness (QED) is 0.856. The molecule has 0 aliphatic carbocycles. The van der Waals surface area contributed by atoms with Crippen molar-refractivity contribution in [3.63, 3.8) is 0 Å². The fourth-order valence-electron chi connectivity index (χ4n) is 1.33. The van der Waals surface area contributed by atoms with Crippen molar-refractivity contribution in [2.24, 2.45) is 0 Å². The zero-order valence-corrected chi connectivity index (χ0v) is 9.42. The lowest BCUT2D eigenvalue weighted by molar-refractivity contribution is 0.697. The van der Waals surface area contributed by atoms with Gasteiger partial charge in [0.25, 0.3) is 0 Å². The fraction of sp³-hybridized carbons (Fsp3) is 0.273. The average Bonchev–Trinajstić information content (AvgIpc) is 2.66. The van der Waals surface area contributed by atoms with Crippen molar-refractivity contribution in [2.45, 2.75) is 20.0 Å². The van der Waals surface area contributed by atoms with Gasteiger partial charge in [0, 0.05) is 13.1 Å². The van der Waals surface area contributed by atoms with E-state index in [9.17, 15) is 0 Å². The first-order valence-corrected chi connectivity index (χ1v) is 5.66. The molecule has 0 saturated heterocycles. The van der Waals surface area contributed by atoms with Crippen LogP contribution in [0.15, 0.2) is 30.3 Å². The van der Waals surface area contributed by atoms with Crippen LogP contribution in [0.5, 0.6) is 0 Å². The maximum atomic E-state index is 3.97. The van der Waals surface area contributed by atoms with Gasteiger partial charge in [0.2, 0.25) is 0 Å². The van der Waals surface area contributed by atoms with Crippen LogP contribution >= 0.6 is 11.5 Å². The van der Waals surface area contributed by atoms with Crippen LogP contribution in [-0.4, -0.2) is 9.59 Å². The Kier molecular flexibility index (Phi) is 3.42. The highest BCUT2D eigenvalue weighted by molar-refractivity contribution is 7.05. The largest absolute Gasteiger partial charge is 0.308 e. The van der Waals surface area contributed by atoms with Gasteiger partial charge in [-0.3, -0.25) is 0 Å². The standard InChI is InChI=1S/C11H13N3S/c1-9-11(15-14-13-9)8-12-7-10-5-3-2-4-6-10/h2-6,12H,7-8H2,1H3. The maximum Gasteiger partial charge on any atom is 0.0769 e. The molecule has 0 amide bonds. The second-order valence-electron chi connectivity index (χ2n) is 3.37. The molecule has 1 heterocycles. The van der Waals surface area contributed by atoms with Crippen molar-refractivity contribution in [1.29, 1.82) is 0 Å². The third-order valence-corrected chi connectivity index (χ3v) is 3.03. The summed E-state index contributed by atoms with van der Waals surface area (Å²) < 4.78 is 3.90. The minimum atomic E-state index is 0.846. The Hall–Kier alpha value is -1.26. The van der Waals surface area contributed by atoms with E-state index in [0.717, 1.165) is 18.8 Å². The molecule has 2 rings (SSSR count). The molecule has 1 N–H and O–H groups in total. The summed E-state index contributed by atoms with van der Waals surface area (Å²) in [4.78, 5) is 1.21. The zero-order chi connectivity index (χ0) is 10.5. The first-order chi connectivity index (χ1) is 7.36. The van der Waals surface area contributed by atoms with Crippen LogP contribution in [0, 0.1) is 6.92 Å². The summed E-state index contributed by atoms with van der Waals surface area (Å²) in [5.74, 6) is 0. The van der Waals surface area contributed by atoms with E-state index < -0.39 is 0 Å². The number of aromatic nitrogens is 2. The molecule has 0 aliphatic rings. The van der Waals surface area contributed by atoms with E-state index in [2.05, 4.69) is 39.2 Å². The Balaban J connectivity index is 1.83. The van der Waals surface area contributed by atoms with Crippen LogP contribution in [0.2, 0.25) is 0 Å². The van der Waals surface area contributed by atoms with E-state index in [0.29, 0.717) is 0 Å². The summed E-state index contributed by atoms with van der Waals surface area (Å²) in [6.07, 6.45) is 0. The van der Waals surface area contributed by atoms with Crippen molar-refractivity contribution in [1.82, 2.24) is 14.9 Å². The molecule has 0 bridgehead atoms. The van der Waals surface area contributed by atoms with Crippen molar-refractivity contribution in [2.75, 3.05) is 0 Å². The molecular formula is C11H13N3S. The van der Waals surface area contributed by atoms with Crippen LogP contribution in [0.1, 0.15) is 16.1 Å². The molecule has 0 aliphatic heterocycles. The number of hydrogen-bond acceptors (Lipinski definition) is 4. The van der Waals surface area contributed by atoms with Gasteiger partial charge in [-0.05, 0) is 24.0 Å². The summed E-state index contributed by atoms with van der Waals surface area (Å²) in [5.41, 5.74) is 2.33. The lowest BCUT2D eigenvalue weighted by atomic mass is 10.2. The number of benzene rings is 1. The topological polar surface area (TPSA) is 37.8 Å². The summed E-state index contributed by atoms with van der Waals surface area (Å²) in [5, 5.41) is 7.35. The summed E-state index contributed by atoms with van der Waals surface area (Å²) in [6.45, 7) is 3.72. The monoisotopic (exact) mass is 219 g/mol. The van der Waals surface area contributed by atoms with Crippen LogP contribution in [0.3, 0.4) is 0 Å². The first-order valence-electron chi connectivity index (χ1n) is 4.89. The predicted octanol–water partition coefficient (Wildman–Crippen LogP) is 2.14. The van der Waals surface area contributed by atoms with Crippen LogP contribution in [0.25, 0.3) is 0 Å². The fourth-order valence-corrected chi connectivity index (χ4v) is 1.93. The van der Waals surface area contributed by atoms with Gasteiger partial charge < -0.3 is 5.32 Å². The molecule has 15 heavy (non-hydrogen) atoms. The number of hydrogen-bond donors (Lipinski definition) is 1. The summed E-state index contributed by atoms with van der Waals surface area (Å²) in [6, 6.07) is 10.4. The minimum absolute atomic E-state index is 0.846. The van der Waals surface area contributed by atoms with Crippen molar-refractivity contribution >= 4 is 11.5 Å². The van der Waals surface area contributed by atoms with Gasteiger partial charge in [0.05, 0.1) is 10.6 Å². The summed E-state index contributed by atoms with van der Waals surface area (Å²) in [7, 11) is 0. The van der Waals surface area contributed by atoms with Gasteiger partial charge in [-0.2, -0.15) is 0 Å². The molecule has 0 fully saturated rings. The SMILES string of the molecule is Cc1nnsc1CNCc1ccccc1. The maximum absolute atomic E-state index is 3.97. The van der Waals surface area contributed by atoms with E-state index in [1.165, 1.54) is 22.0 Å². The van der Waals surface area contributed by atoms with Crippen molar-refractivity contribution < 1.29 is 0 Å². The molecule has 2 aromatic rings. The molecule has 0 saturated carbocycles. The molecule has 0 atom stereocenters. The second kappa shape index (κ2) is 5.00. The molecule has 1 aromatic heterocycles. The Bertz CT molecular complexity index is 411. The highest BCUT2D eigenvalue weighted by atomic mass is 32.1. The third-order valence-electron chi connectivity index (χ3n) is 2.20. The lowest BCUT2D eigenvalue weighted by Gasteiger charge is -2.02.